The lowest BCUT2D eigenvalue weighted by Crippen LogP contribution is -2.25. The number of hydrogen-bond acceptors (Lipinski definition) is 5. The fourth-order valence-electron chi connectivity index (χ4n) is 3.57. The van der Waals surface area contributed by atoms with E-state index in [2.05, 4.69) is 10.4 Å². The third-order valence-corrected chi connectivity index (χ3v) is 5.51. The third kappa shape index (κ3) is 3.70. The minimum Gasteiger partial charge on any atom is -0.493 e. The van der Waals surface area contributed by atoms with Crippen LogP contribution in [0.3, 0.4) is 0 Å². The Morgan fingerprint density at radius 2 is 1.93 bits per heavy atom. The molecule has 1 aromatic carbocycles. The quantitative estimate of drug-likeness (QED) is 0.666. The Hall–Kier alpha value is -2.93. The molecule has 3 heterocycles. The summed E-state index contributed by atoms with van der Waals surface area (Å²) in [6.07, 6.45) is 3.78. The first-order chi connectivity index (χ1) is 14.0. The number of benzene rings is 1. The Bertz CT molecular complexity index is 1070. The molecule has 1 unspecified atom stereocenters. The van der Waals surface area contributed by atoms with Gasteiger partial charge in [-0.1, -0.05) is 17.7 Å². The smallest absolute Gasteiger partial charge is 0.220 e. The molecule has 29 heavy (non-hydrogen) atoms. The molecule has 1 amide bonds. The van der Waals surface area contributed by atoms with Gasteiger partial charge in [0, 0.05) is 30.6 Å². The number of carbonyl (C=O) groups excluding carboxylic acids is 1. The van der Waals surface area contributed by atoms with Crippen LogP contribution in [0, 0.1) is 5.92 Å². The third-order valence-electron chi connectivity index (χ3n) is 5.23. The molecule has 0 aliphatic carbocycles. The van der Waals surface area contributed by atoms with Gasteiger partial charge in [-0.25, -0.2) is 4.52 Å². The number of fused-ring (bicyclic) bond motifs is 1. The minimum absolute atomic E-state index is 0.0528. The van der Waals surface area contributed by atoms with Crippen LogP contribution in [0.1, 0.15) is 13.3 Å². The van der Waals surface area contributed by atoms with E-state index in [9.17, 15) is 4.79 Å². The lowest BCUT2D eigenvalue weighted by atomic mass is 10.0. The largest absolute Gasteiger partial charge is 0.493 e. The molecule has 0 saturated carbocycles. The van der Waals surface area contributed by atoms with Crippen LogP contribution in [0.5, 0.6) is 17.2 Å². The highest BCUT2D eigenvalue weighted by Crippen LogP contribution is 2.37. The number of nitrogens with zero attached hydrogens (tertiary/aromatic N) is 2. The Kier molecular flexibility index (Phi) is 5.24. The molecule has 7 nitrogen and oxygen atoms in total. The maximum Gasteiger partial charge on any atom is 0.220 e. The highest BCUT2D eigenvalue weighted by atomic mass is 35.5. The first kappa shape index (κ1) is 19.4. The van der Waals surface area contributed by atoms with Gasteiger partial charge in [0.25, 0.3) is 0 Å². The van der Waals surface area contributed by atoms with Crippen molar-refractivity contribution in [1.82, 2.24) is 14.9 Å². The van der Waals surface area contributed by atoms with Crippen LogP contribution in [0.25, 0.3) is 16.6 Å². The second-order valence-electron chi connectivity index (χ2n) is 7.04. The minimum atomic E-state index is -0.163. The van der Waals surface area contributed by atoms with Gasteiger partial charge in [0.2, 0.25) is 5.91 Å². The topological polar surface area (TPSA) is 74.1 Å². The molecule has 0 bridgehead atoms. The van der Waals surface area contributed by atoms with Gasteiger partial charge in [-0.15, -0.1) is 0 Å². The lowest BCUT2D eigenvalue weighted by molar-refractivity contribution is -0.119. The molecule has 8 heteroatoms. The van der Waals surface area contributed by atoms with Crippen LogP contribution in [-0.4, -0.2) is 42.4 Å². The first-order valence-electron chi connectivity index (χ1n) is 9.32. The molecule has 0 radical (unpaired) electrons. The van der Waals surface area contributed by atoms with Crippen LogP contribution in [0.15, 0.2) is 36.7 Å². The van der Waals surface area contributed by atoms with E-state index >= 15 is 0 Å². The van der Waals surface area contributed by atoms with Gasteiger partial charge in [-0.2, -0.15) is 5.10 Å². The van der Waals surface area contributed by atoms with Crippen LogP contribution in [0.2, 0.25) is 5.02 Å². The number of hydrogen-bond donors (Lipinski definition) is 1. The number of ether oxygens (including phenoxy) is 3. The molecular formula is C21H22ClN3O4. The van der Waals surface area contributed by atoms with Crippen LogP contribution >= 0.6 is 11.6 Å². The number of nitrogens with one attached hydrogen (secondary N) is 1. The number of halogens is 1. The maximum absolute atomic E-state index is 11.6. The van der Waals surface area contributed by atoms with Crippen molar-refractivity contribution >= 4 is 23.0 Å². The van der Waals surface area contributed by atoms with E-state index in [0.717, 1.165) is 11.1 Å². The van der Waals surface area contributed by atoms with Gasteiger partial charge in [-0.05, 0) is 30.7 Å². The average molecular weight is 416 g/mol. The van der Waals surface area contributed by atoms with Crippen molar-refractivity contribution in [2.45, 2.75) is 19.4 Å². The predicted octanol–water partition coefficient (Wildman–Crippen LogP) is 3.58. The average Bonchev–Trinajstić information content (AvgIpc) is 3.33. The zero-order valence-electron chi connectivity index (χ0n) is 16.4. The molecule has 2 atom stereocenters. The van der Waals surface area contributed by atoms with Crippen molar-refractivity contribution < 1.29 is 19.0 Å². The van der Waals surface area contributed by atoms with Gasteiger partial charge in [0.05, 0.1) is 25.4 Å². The normalized spacial score (nSPS) is 17.2. The van der Waals surface area contributed by atoms with Crippen molar-refractivity contribution in [3.8, 4) is 28.4 Å². The Balaban J connectivity index is 1.74. The molecule has 1 aliphatic rings. The summed E-state index contributed by atoms with van der Waals surface area (Å²) in [5, 5.41) is 7.70. The molecule has 0 spiro atoms. The van der Waals surface area contributed by atoms with Gasteiger partial charge in [-0.3, -0.25) is 4.79 Å². The lowest BCUT2D eigenvalue weighted by Gasteiger charge is -2.21. The summed E-state index contributed by atoms with van der Waals surface area (Å²) in [5.41, 5.74) is 2.51. The van der Waals surface area contributed by atoms with Crippen LogP contribution in [-0.2, 0) is 4.79 Å². The van der Waals surface area contributed by atoms with E-state index in [1.807, 2.05) is 37.4 Å². The fraction of sp³-hybridized carbons (Fsp3) is 0.333. The van der Waals surface area contributed by atoms with Crippen molar-refractivity contribution in [3.05, 3.63) is 41.7 Å². The summed E-state index contributed by atoms with van der Waals surface area (Å²) in [7, 11) is 3.20. The molecule has 1 aliphatic heterocycles. The van der Waals surface area contributed by atoms with Crippen molar-refractivity contribution in [2.24, 2.45) is 5.92 Å². The van der Waals surface area contributed by atoms with E-state index in [0.29, 0.717) is 40.8 Å². The van der Waals surface area contributed by atoms with Crippen LogP contribution < -0.4 is 19.5 Å². The second-order valence-corrected chi connectivity index (χ2v) is 7.45. The highest BCUT2D eigenvalue weighted by Gasteiger charge is 2.28. The van der Waals surface area contributed by atoms with E-state index < -0.39 is 0 Å². The van der Waals surface area contributed by atoms with Crippen molar-refractivity contribution in [1.29, 1.82) is 0 Å². The summed E-state index contributed by atoms with van der Waals surface area (Å²) in [4.78, 5) is 11.6. The van der Waals surface area contributed by atoms with E-state index in [4.69, 9.17) is 25.8 Å². The summed E-state index contributed by atoms with van der Waals surface area (Å²) in [6.45, 7) is 2.58. The number of amides is 1. The van der Waals surface area contributed by atoms with Gasteiger partial charge >= 0.3 is 0 Å². The highest BCUT2D eigenvalue weighted by molar-refractivity contribution is 6.34. The van der Waals surface area contributed by atoms with Crippen molar-refractivity contribution in [2.75, 3.05) is 20.8 Å². The Morgan fingerprint density at radius 1 is 1.17 bits per heavy atom. The molecule has 2 aromatic heterocycles. The summed E-state index contributed by atoms with van der Waals surface area (Å²) < 4.78 is 18.7. The molecule has 1 saturated heterocycles. The van der Waals surface area contributed by atoms with E-state index in [1.165, 1.54) is 0 Å². The standard InChI is InChI=1S/C21H22ClN3O4/c1-12(14-8-20(26)23-9-14)29-19-7-15(11-25-21(19)16(22)10-24-25)13-4-5-17(27-2)18(6-13)28-3/h4-7,10-12,14H,8-9H2,1-3H3,(H,23,26)/t12-,14?/m1/s1. The molecule has 1 fully saturated rings. The van der Waals surface area contributed by atoms with Crippen LogP contribution in [0.4, 0.5) is 0 Å². The van der Waals surface area contributed by atoms with Gasteiger partial charge in [0.15, 0.2) is 11.5 Å². The molecule has 4 rings (SSSR count). The summed E-state index contributed by atoms with van der Waals surface area (Å²) in [6, 6.07) is 7.64. The van der Waals surface area contributed by atoms with E-state index in [1.54, 1.807) is 24.9 Å². The maximum atomic E-state index is 11.6. The van der Waals surface area contributed by atoms with Crippen molar-refractivity contribution in [3.63, 3.8) is 0 Å². The second kappa shape index (κ2) is 7.83. The first-order valence-corrected chi connectivity index (χ1v) is 9.70. The SMILES string of the molecule is COc1ccc(-c2cc(O[C@H](C)C3CNC(=O)C3)c3c(Cl)cnn3c2)cc1OC. The number of pyridine rings is 1. The van der Waals surface area contributed by atoms with Gasteiger partial charge < -0.3 is 19.5 Å². The number of carbonyl (C=O) groups is 1. The summed E-state index contributed by atoms with van der Waals surface area (Å²) in [5.74, 6) is 2.07. The fourth-order valence-corrected chi connectivity index (χ4v) is 3.79. The molecule has 3 aromatic rings. The zero-order chi connectivity index (χ0) is 20.5. The Labute approximate surface area is 173 Å². The summed E-state index contributed by atoms with van der Waals surface area (Å²) >= 11 is 6.36. The molecular weight excluding hydrogens is 394 g/mol. The van der Waals surface area contributed by atoms with Gasteiger partial charge in [0.1, 0.15) is 17.4 Å². The Morgan fingerprint density at radius 3 is 2.62 bits per heavy atom. The molecule has 152 valence electrons. The molecule has 1 N–H and O–H groups in total. The number of rotatable bonds is 6. The van der Waals surface area contributed by atoms with E-state index in [-0.39, 0.29) is 17.9 Å². The number of aromatic nitrogens is 2. The number of methoxy groups -OCH3 is 2. The monoisotopic (exact) mass is 415 g/mol. The zero-order valence-corrected chi connectivity index (χ0v) is 17.2. The predicted molar refractivity (Wildman–Crippen MR) is 110 cm³/mol.